The molecule has 3 heterocycles. The predicted molar refractivity (Wildman–Crippen MR) is 74.1 cm³/mol. The Morgan fingerprint density at radius 1 is 1.26 bits per heavy atom. The lowest BCUT2D eigenvalue weighted by Crippen LogP contribution is -2.16. The fourth-order valence-electron chi connectivity index (χ4n) is 1.76. The molecule has 0 bridgehead atoms. The molecule has 0 fully saturated rings. The predicted octanol–water partition coefficient (Wildman–Crippen LogP) is 2.20. The van der Waals surface area contributed by atoms with E-state index in [2.05, 4.69) is 15.5 Å². The van der Waals surface area contributed by atoms with Crippen LogP contribution in [0.15, 0.2) is 52.6 Å². The van der Waals surface area contributed by atoms with Gasteiger partial charge < -0.3 is 9.73 Å². The highest BCUT2D eigenvalue weighted by Gasteiger charge is 2.04. The van der Waals surface area contributed by atoms with Crippen molar-refractivity contribution in [3.8, 4) is 0 Å². The Hall–Kier alpha value is -1.79. The molecule has 0 radical (unpaired) electrons. The molecule has 0 amide bonds. The summed E-state index contributed by atoms with van der Waals surface area (Å²) < 4.78 is 7.01. The molecule has 0 aromatic carbocycles. The van der Waals surface area contributed by atoms with E-state index in [1.807, 2.05) is 34.9 Å². The third-order valence-electron chi connectivity index (χ3n) is 2.70. The van der Waals surface area contributed by atoms with Gasteiger partial charge in [-0.1, -0.05) is 17.8 Å². The Kier molecular flexibility index (Phi) is 3.81. The Bertz CT molecular complexity index is 635. The van der Waals surface area contributed by atoms with Crippen LogP contribution in [0.3, 0.4) is 0 Å². The zero-order valence-electron chi connectivity index (χ0n) is 10.3. The van der Waals surface area contributed by atoms with Gasteiger partial charge in [0.25, 0.3) is 0 Å². The number of nitrogens with one attached hydrogen (secondary N) is 1. The van der Waals surface area contributed by atoms with E-state index in [-0.39, 0.29) is 0 Å². The summed E-state index contributed by atoms with van der Waals surface area (Å²) in [6.45, 7) is 1.75. The lowest BCUT2D eigenvalue weighted by atomic mass is 10.3. The molecule has 0 saturated carbocycles. The van der Waals surface area contributed by atoms with Gasteiger partial charge in [-0.2, -0.15) is 0 Å². The summed E-state index contributed by atoms with van der Waals surface area (Å²) in [6, 6.07) is 7.86. The normalized spacial score (nSPS) is 11.2. The van der Waals surface area contributed by atoms with Crippen molar-refractivity contribution >= 4 is 17.4 Å². The number of pyridine rings is 1. The van der Waals surface area contributed by atoms with E-state index in [1.165, 1.54) is 0 Å². The molecule has 3 rings (SSSR count). The summed E-state index contributed by atoms with van der Waals surface area (Å²) >= 11 is 1.70. The molecule has 5 nitrogen and oxygen atoms in total. The smallest absolute Gasteiger partial charge is 0.195 e. The molecule has 1 N–H and O–H groups in total. The minimum Gasteiger partial charge on any atom is -0.472 e. The van der Waals surface area contributed by atoms with Crippen LogP contribution in [0.25, 0.3) is 5.65 Å². The number of furan rings is 1. The Balaban J connectivity index is 1.47. The van der Waals surface area contributed by atoms with Gasteiger partial charge in [0.05, 0.1) is 12.5 Å². The number of fused-ring (bicyclic) bond motifs is 1. The molecule has 0 unspecified atom stereocenters. The van der Waals surface area contributed by atoms with Crippen molar-refractivity contribution in [3.05, 3.63) is 48.6 Å². The van der Waals surface area contributed by atoms with Crippen LogP contribution in [-0.4, -0.2) is 26.9 Å². The average molecular weight is 274 g/mol. The van der Waals surface area contributed by atoms with Gasteiger partial charge in [0.2, 0.25) is 0 Å². The van der Waals surface area contributed by atoms with Gasteiger partial charge in [0.15, 0.2) is 10.8 Å². The van der Waals surface area contributed by atoms with E-state index < -0.39 is 0 Å². The second-order valence-electron chi connectivity index (χ2n) is 4.07. The number of hydrogen-bond donors (Lipinski definition) is 1. The standard InChI is InChI=1S/C13H14N4OS/c1-2-6-17-12(3-1)15-16-13(17)19-8-5-14-9-11-4-7-18-10-11/h1-4,6-7,10,14H,5,8-9H2. The monoisotopic (exact) mass is 274 g/mol. The Morgan fingerprint density at radius 2 is 2.26 bits per heavy atom. The summed E-state index contributed by atoms with van der Waals surface area (Å²) in [4.78, 5) is 0. The van der Waals surface area contributed by atoms with Gasteiger partial charge in [-0.05, 0) is 18.2 Å². The van der Waals surface area contributed by atoms with E-state index >= 15 is 0 Å². The summed E-state index contributed by atoms with van der Waals surface area (Å²) in [5.74, 6) is 0.952. The summed E-state index contributed by atoms with van der Waals surface area (Å²) in [7, 11) is 0. The first kappa shape index (κ1) is 12.3. The molecule has 0 saturated heterocycles. The van der Waals surface area contributed by atoms with Crippen LogP contribution in [0, 0.1) is 0 Å². The second-order valence-corrected chi connectivity index (χ2v) is 5.13. The molecule has 0 atom stereocenters. The first-order valence-electron chi connectivity index (χ1n) is 6.08. The molecule has 19 heavy (non-hydrogen) atoms. The molecule has 98 valence electrons. The topological polar surface area (TPSA) is 55.4 Å². The first-order valence-corrected chi connectivity index (χ1v) is 7.06. The maximum Gasteiger partial charge on any atom is 0.195 e. The number of nitrogens with zero attached hydrogens (tertiary/aromatic N) is 3. The lowest BCUT2D eigenvalue weighted by molar-refractivity contribution is 0.561. The lowest BCUT2D eigenvalue weighted by Gasteiger charge is -2.02. The van der Waals surface area contributed by atoms with Crippen LogP contribution >= 0.6 is 11.8 Å². The van der Waals surface area contributed by atoms with Gasteiger partial charge in [0.1, 0.15) is 0 Å². The van der Waals surface area contributed by atoms with Crippen molar-refractivity contribution in [2.45, 2.75) is 11.7 Å². The number of thioether (sulfide) groups is 1. The molecule has 3 aromatic heterocycles. The van der Waals surface area contributed by atoms with Gasteiger partial charge in [0, 0.05) is 30.6 Å². The summed E-state index contributed by atoms with van der Waals surface area (Å²) in [5, 5.41) is 12.6. The van der Waals surface area contributed by atoms with Gasteiger partial charge in [-0.3, -0.25) is 4.40 Å². The van der Waals surface area contributed by atoms with E-state index in [0.717, 1.165) is 35.2 Å². The highest BCUT2D eigenvalue weighted by atomic mass is 32.2. The third kappa shape index (κ3) is 2.97. The fourth-order valence-corrected chi connectivity index (χ4v) is 2.58. The highest BCUT2D eigenvalue weighted by Crippen LogP contribution is 2.15. The van der Waals surface area contributed by atoms with Gasteiger partial charge in [-0.25, -0.2) is 0 Å². The molecule has 0 spiro atoms. The molecule has 0 aliphatic carbocycles. The molecule has 3 aromatic rings. The van der Waals surface area contributed by atoms with Crippen molar-refractivity contribution in [3.63, 3.8) is 0 Å². The number of rotatable bonds is 6. The minimum atomic E-state index is 0.831. The molecular weight excluding hydrogens is 260 g/mol. The molecule has 6 heteroatoms. The first-order chi connectivity index (χ1) is 9.43. The van der Waals surface area contributed by atoms with Crippen LogP contribution in [0.2, 0.25) is 0 Å². The Labute approximate surface area is 115 Å². The zero-order chi connectivity index (χ0) is 12.9. The molecular formula is C13H14N4OS. The summed E-state index contributed by atoms with van der Waals surface area (Å²) in [6.07, 6.45) is 5.43. The third-order valence-corrected chi connectivity index (χ3v) is 3.65. The van der Waals surface area contributed by atoms with Crippen molar-refractivity contribution in [1.29, 1.82) is 0 Å². The summed E-state index contributed by atoms with van der Waals surface area (Å²) in [5.41, 5.74) is 2.05. The zero-order valence-corrected chi connectivity index (χ0v) is 11.1. The van der Waals surface area contributed by atoms with Crippen LogP contribution in [0.5, 0.6) is 0 Å². The molecule has 0 aliphatic heterocycles. The maximum absolute atomic E-state index is 5.01. The van der Waals surface area contributed by atoms with E-state index in [4.69, 9.17) is 4.42 Å². The van der Waals surface area contributed by atoms with E-state index in [9.17, 15) is 0 Å². The minimum absolute atomic E-state index is 0.831. The fraction of sp³-hybridized carbons (Fsp3) is 0.231. The van der Waals surface area contributed by atoms with Crippen molar-refractivity contribution < 1.29 is 4.42 Å². The average Bonchev–Trinajstić information content (AvgIpc) is 3.08. The van der Waals surface area contributed by atoms with Crippen molar-refractivity contribution in [2.24, 2.45) is 0 Å². The van der Waals surface area contributed by atoms with Crippen LogP contribution in [-0.2, 0) is 6.54 Å². The van der Waals surface area contributed by atoms with Crippen molar-refractivity contribution in [2.75, 3.05) is 12.3 Å². The van der Waals surface area contributed by atoms with Crippen molar-refractivity contribution in [1.82, 2.24) is 19.9 Å². The second kappa shape index (κ2) is 5.90. The maximum atomic E-state index is 5.01. The molecule has 0 aliphatic rings. The van der Waals surface area contributed by atoms with Crippen LogP contribution < -0.4 is 5.32 Å². The number of aromatic nitrogens is 3. The Morgan fingerprint density at radius 3 is 3.16 bits per heavy atom. The highest BCUT2D eigenvalue weighted by molar-refractivity contribution is 7.99. The van der Waals surface area contributed by atoms with E-state index in [0.29, 0.717) is 0 Å². The van der Waals surface area contributed by atoms with E-state index in [1.54, 1.807) is 24.3 Å². The SMILES string of the molecule is c1ccn2c(SCCNCc3ccoc3)nnc2c1. The van der Waals surface area contributed by atoms with Gasteiger partial charge >= 0.3 is 0 Å². The van der Waals surface area contributed by atoms with Crippen LogP contribution in [0.1, 0.15) is 5.56 Å². The van der Waals surface area contributed by atoms with Crippen LogP contribution in [0.4, 0.5) is 0 Å². The number of hydrogen-bond acceptors (Lipinski definition) is 5. The largest absolute Gasteiger partial charge is 0.472 e. The quantitative estimate of drug-likeness (QED) is 0.551. The van der Waals surface area contributed by atoms with Gasteiger partial charge in [-0.15, -0.1) is 10.2 Å².